The molecule has 1 rings (SSSR count). The predicted molar refractivity (Wildman–Crippen MR) is 72.2 cm³/mol. The molecule has 6 nitrogen and oxygen atoms in total. The Labute approximate surface area is 121 Å². The zero-order chi connectivity index (χ0) is 15.3. The summed E-state index contributed by atoms with van der Waals surface area (Å²) >= 11 is 5.72. The molecular weight excluding hydrogens is 284 g/mol. The van der Waals surface area contributed by atoms with Crippen LogP contribution in [-0.4, -0.2) is 17.5 Å². The molecule has 0 saturated heterocycles. The Morgan fingerprint density at radius 2 is 2.25 bits per heavy atom. The minimum Gasteiger partial charge on any atom is -0.465 e. The van der Waals surface area contributed by atoms with Crippen molar-refractivity contribution in [2.75, 3.05) is 6.61 Å². The molecule has 1 unspecified atom stereocenters. The predicted octanol–water partition coefficient (Wildman–Crippen LogP) is 2.88. The zero-order valence-corrected chi connectivity index (χ0v) is 11.8. The Morgan fingerprint density at radius 3 is 2.75 bits per heavy atom. The zero-order valence-electron chi connectivity index (χ0n) is 11.1. The Balaban J connectivity index is 3.17. The van der Waals surface area contributed by atoms with Crippen molar-refractivity contribution in [3.05, 3.63) is 38.9 Å². The number of esters is 1. The first kappa shape index (κ1) is 15.9. The van der Waals surface area contributed by atoms with Crippen LogP contribution < -0.4 is 0 Å². The van der Waals surface area contributed by atoms with Crippen LogP contribution in [0.25, 0.3) is 0 Å². The highest BCUT2D eigenvalue weighted by molar-refractivity contribution is 6.30. The molecule has 0 aliphatic carbocycles. The van der Waals surface area contributed by atoms with E-state index in [1.54, 1.807) is 6.92 Å². The number of nitriles is 1. The number of benzene rings is 1. The topological polar surface area (TPSA) is 93.2 Å². The molecule has 7 heteroatoms. The van der Waals surface area contributed by atoms with Crippen molar-refractivity contribution in [3.63, 3.8) is 0 Å². The minimum absolute atomic E-state index is 0.115. The monoisotopic (exact) mass is 296 g/mol. The Kier molecular flexibility index (Phi) is 5.06. The van der Waals surface area contributed by atoms with Gasteiger partial charge in [-0.2, -0.15) is 5.26 Å². The highest BCUT2D eigenvalue weighted by Gasteiger charge is 2.37. The maximum atomic E-state index is 11.8. The molecule has 0 N–H and O–H groups in total. The van der Waals surface area contributed by atoms with Crippen LogP contribution in [0.3, 0.4) is 0 Å². The van der Waals surface area contributed by atoms with Crippen LogP contribution in [0.4, 0.5) is 5.69 Å². The molecular formula is C13H13ClN2O4. The summed E-state index contributed by atoms with van der Waals surface area (Å²) in [6, 6.07) is 5.98. The van der Waals surface area contributed by atoms with Gasteiger partial charge in [-0.25, -0.2) is 0 Å². The second kappa shape index (κ2) is 6.35. The third-order valence-corrected chi connectivity index (χ3v) is 3.00. The van der Waals surface area contributed by atoms with Crippen LogP contribution in [-0.2, 0) is 16.0 Å². The van der Waals surface area contributed by atoms with Gasteiger partial charge in [-0.05, 0) is 19.9 Å². The van der Waals surface area contributed by atoms with E-state index >= 15 is 0 Å². The molecule has 1 atom stereocenters. The molecule has 0 aliphatic heterocycles. The number of nitrogens with zero attached hydrogens (tertiary/aromatic N) is 2. The molecule has 0 aliphatic rings. The maximum Gasteiger partial charge on any atom is 0.326 e. The van der Waals surface area contributed by atoms with Gasteiger partial charge in [-0.1, -0.05) is 17.7 Å². The van der Waals surface area contributed by atoms with E-state index in [2.05, 4.69) is 0 Å². The van der Waals surface area contributed by atoms with E-state index in [9.17, 15) is 20.2 Å². The summed E-state index contributed by atoms with van der Waals surface area (Å²) in [7, 11) is 0. The summed E-state index contributed by atoms with van der Waals surface area (Å²) in [5.74, 6) is -0.702. The molecule has 0 radical (unpaired) electrons. The number of carbonyl (C=O) groups is 1. The molecule has 20 heavy (non-hydrogen) atoms. The minimum atomic E-state index is -1.48. The van der Waals surface area contributed by atoms with Gasteiger partial charge in [0.1, 0.15) is 0 Å². The maximum absolute atomic E-state index is 11.8. The Bertz CT molecular complexity index is 582. The van der Waals surface area contributed by atoms with Crippen molar-refractivity contribution in [2.24, 2.45) is 5.41 Å². The van der Waals surface area contributed by atoms with Crippen LogP contribution in [0.1, 0.15) is 19.4 Å². The number of rotatable bonds is 5. The van der Waals surface area contributed by atoms with Crippen molar-refractivity contribution in [1.82, 2.24) is 0 Å². The SMILES string of the molecule is CCOC(=O)C(C)(C#N)Cc1ccc(Cl)cc1[N+](=O)[O-]. The van der Waals surface area contributed by atoms with Crippen LogP contribution >= 0.6 is 11.6 Å². The molecule has 0 heterocycles. The number of nitro groups is 1. The number of nitro benzene ring substituents is 1. The van der Waals surface area contributed by atoms with Crippen LogP contribution in [0, 0.1) is 26.9 Å². The molecule has 106 valence electrons. The first-order valence-corrected chi connectivity index (χ1v) is 6.23. The highest BCUT2D eigenvalue weighted by Crippen LogP contribution is 2.30. The summed E-state index contributed by atoms with van der Waals surface area (Å²) in [6.07, 6.45) is -0.115. The molecule has 1 aromatic rings. The largest absolute Gasteiger partial charge is 0.465 e. The highest BCUT2D eigenvalue weighted by atomic mass is 35.5. The van der Waals surface area contributed by atoms with Gasteiger partial charge in [-0.15, -0.1) is 0 Å². The second-order valence-electron chi connectivity index (χ2n) is 4.37. The van der Waals surface area contributed by atoms with Gasteiger partial charge in [0.15, 0.2) is 5.41 Å². The van der Waals surface area contributed by atoms with Crippen molar-refractivity contribution < 1.29 is 14.5 Å². The van der Waals surface area contributed by atoms with Gasteiger partial charge in [0.2, 0.25) is 0 Å². The first-order valence-electron chi connectivity index (χ1n) is 5.85. The fourth-order valence-corrected chi connectivity index (χ4v) is 1.85. The van der Waals surface area contributed by atoms with Gasteiger partial charge in [0, 0.05) is 23.1 Å². The number of hydrogen-bond acceptors (Lipinski definition) is 5. The van der Waals surface area contributed by atoms with E-state index < -0.39 is 16.3 Å². The molecule has 0 aromatic heterocycles. The van der Waals surface area contributed by atoms with E-state index in [1.807, 2.05) is 6.07 Å². The van der Waals surface area contributed by atoms with Crippen molar-refractivity contribution in [3.8, 4) is 6.07 Å². The standard InChI is InChI=1S/C13H13ClN2O4/c1-3-20-12(17)13(2,8-15)7-9-4-5-10(14)6-11(9)16(18)19/h4-6H,3,7H2,1-2H3. The van der Waals surface area contributed by atoms with Crippen LogP contribution in [0.2, 0.25) is 5.02 Å². The number of carbonyl (C=O) groups excluding carboxylic acids is 1. The Morgan fingerprint density at radius 1 is 1.60 bits per heavy atom. The lowest BCUT2D eigenvalue weighted by atomic mass is 9.84. The van der Waals surface area contributed by atoms with Crippen molar-refractivity contribution in [1.29, 1.82) is 5.26 Å². The smallest absolute Gasteiger partial charge is 0.326 e. The molecule has 0 bridgehead atoms. The van der Waals surface area contributed by atoms with E-state index in [1.165, 1.54) is 25.1 Å². The fourth-order valence-electron chi connectivity index (χ4n) is 1.69. The molecule has 0 amide bonds. The normalized spacial score (nSPS) is 13.1. The summed E-state index contributed by atoms with van der Waals surface area (Å²) in [5, 5.41) is 20.4. The summed E-state index contributed by atoms with van der Waals surface area (Å²) in [5.41, 5.74) is -1.44. The Hall–Kier alpha value is -2.13. The van der Waals surface area contributed by atoms with Gasteiger partial charge in [-0.3, -0.25) is 14.9 Å². The van der Waals surface area contributed by atoms with Gasteiger partial charge < -0.3 is 4.74 Å². The number of hydrogen-bond donors (Lipinski definition) is 0. The van der Waals surface area contributed by atoms with Crippen molar-refractivity contribution >= 4 is 23.3 Å². The molecule has 0 saturated carbocycles. The lowest BCUT2D eigenvalue weighted by molar-refractivity contribution is -0.385. The molecule has 0 fully saturated rings. The van der Waals surface area contributed by atoms with Gasteiger partial charge in [0.05, 0.1) is 17.6 Å². The average molecular weight is 297 g/mol. The average Bonchev–Trinajstić information content (AvgIpc) is 2.40. The summed E-state index contributed by atoms with van der Waals surface area (Å²) < 4.78 is 4.84. The first-order chi connectivity index (χ1) is 9.34. The fraction of sp³-hybridized carbons (Fsp3) is 0.385. The van der Waals surface area contributed by atoms with E-state index in [4.69, 9.17) is 16.3 Å². The third kappa shape index (κ3) is 3.45. The number of ether oxygens (including phenoxy) is 1. The second-order valence-corrected chi connectivity index (χ2v) is 4.81. The van der Waals surface area contributed by atoms with Gasteiger partial charge >= 0.3 is 5.97 Å². The lowest BCUT2D eigenvalue weighted by Gasteiger charge is -2.19. The van der Waals surface area contributed by atoms with Crippen LogP contribution in [0.15, 0.2) is 18.2 Å². The summed E-state index contributed by atoms with van der Waals surface area (Å²) in [6.45, 7) is 3.16. The van der Waals surface area contributed by atoms with Crippen molar-refractivity contribution in [2.45, 2.75) is 20.3 Å². The molecule has 0 spiro atoms. The number of halogens is 1. The summed E-state index contributed by atoms with van der Waals surface area (Å²) in [4.78, 5) is 22.2. The third-order valence-electron chi connectivity index (χ3n) is 2.76. The molecule has 1 aromatic carbocycles. The van der Waals surface area contributed by atoms with E-state index in [0.29, 0.717) is 0 Å². The van der Waals surface area contributed by atoms with Gasteiger partial charge in [0.25, 0.3) is 5.69 Å². The quantitative estimate of drug-likeness (QED) is 0.473. The lowest BCUT2D eigenvalue weighted by Crippen LogP contribution is -2.31. The van der Waals surface area contributed by atoms with E-state index in [-0.39, 0.29) is 29.3 Å². The van der Waals surface area contributed by atoms with Crippen LogP contribution in [0.5, 0.6) is 0 Å². The van der Waals surface area contributed by atoms with E-state index in [0.717, 1.165) is 0 Å².